The van der Waals surface area contributed by atoms with Gasteiger partial charge in [-0.3, -0.25) is 9.59 Å². The molecular formula is C18H19N5O4. The van der Waals surface area contributed by atoms with Crippen LogP contribution in [0.15, 0.2) is 30.6 Å². The molecule has 0 bridgehead atoms. The quantitative estimate of drug-likeness (QED) is 0.870. The van der Waals surface area contributed by atoms with E-state index in [9.17, 15) is 9.59 Å². The average Bonchev–Trinajstić information content (AvgIpc) is 3.15. The van der Waals surface area contributed by atoms with Crippen LogP contribution in [-0.2, 0) is 4.79 Å². The molecule has 2 amide bonds. The van der Waals surface area contributed by atoms with Crippen molar-refractivity contribution >= 4 is 23.3 Å². The highest BCUT2D eigenvalue weighted by molar-refractivity contribution is 5.93. The van der Waals surface area contributed by atoms with Gasteiger partial charge in [0.1, 0.15) is 17.8 Å². The van der Waals surface area contributed by atoms with Gasteiger partial charge in [0, 0.05) is 50.9 Å². The number of anilines is 2. The summed E-state index contributed by atoms with van der Waals surface area (Å²) in [5.74, 6) is 1.72. The van der Waals surface area contributed by atoms with Crippen molar-refractivity contribution in [3.8, 4) is 11.5 Å². The minimum Gasteiger partial charge on any atom is -0.454 e. The Bertz CT molecular complexity index is 880. The zero-order valence-electron chi connectivity index (χ0n) is 14.8. The van der Waals surface area contributed by atoms with Gasteiger partial charge in [-0.05, 0) is 12.1 Å². The van der Waals surface area contributed by atoms with E-state index in [4.69, 9.17) is 9.47 Å². The lowest BCUT2D eigenvalue weighted by molar-refractivity contribution is -0.130. The van der Waals surface area contributed by atoms with E-state index in [2.05, 4.69) is 15.3 Å². The molecule has 4 rings (SSSR count). The summed E-state index contributed by atoms with van der Waals surface area (Å²) in [5.41, 5.74) is 1.08. The first kappa shape index (κ1) is 17.1. The Balaban J connectivity index is 1.44. The van der Waals surface area contributed by atoms with E-state index in [1.54, 1.807) is 15.9 Å². The Kier molecular flexibility index (Phi) is 4.49. The number of rotatable bonds is 3. The largest absolute Gasteiger partial charge is 0.454 e. The number of ether oxygens (including phenoxy) is 2. The third-order valence-corrected chi connectivity index (χ3v) is 4.54. The summed E-state index contributed by atoms with van der Waals surface area (Å²) in [7, 11) is 0. The van der Waals surface area contributed by atoms with Crippen molar-refractivity contribution in [2.24, 2.45) is 0 Å². The minimum atomic E-state index is -0.172. The molecular weight excluding hydrogens is 350 g/mol. The van der Waals surface area contributed by atoms with Crippen LogP contribution in [0.25, 0.3) is 0 Å². The molecule has 2 aliphatic rings. The molecule has 9 heteroatoms. The van der Waals surface area contributed by atoms with Gasteiger partial charge < -0.3 is 24.6 Å². The van der Waals surface area contributed by atoms with Crippen LogP contribution < -0.4 is 14.8 Å². The van der Waals surface area contributed by atoms with E-state index >= 15 is 0 Å². The van der Waals surface area contributed by atoms with E-state index in [-0.39, 0.29) is 18.6 Å². The average molecular weight is 369 g/mol. The first-order chi connectivity index (χ1) is 13.1. The number of piperazine rings is 1. The molecule has 0 radical (unpaired) electrons. The molecule has 1 fully saturated rings. The Labute approximate surface area is 155 Å². The van der Waals surface area contributed by atoms with Gasteiger partial charge in [-0.1, -0.05) is 0 Å². The van der Waals surface area contributed by atoms with Crippen LogP contribution in [0, 0.1) is 0 Å². The number of benzene rings is 1. The summed E-state index contributed by atoms with van der Waals surface area (Å²) in [5, 5.41) is 3.14. The summed E-state index contributed by atoms with van der Waals surface area (Å²) in [6.07, 6.45) is 1.36. The van der Waals surface area contributed by atoms with Gasteiger partial charge in [0.15, 0.2) is 11.5 Å². The number of aromatic nitrogens is 2. The maximum atomic E-state index is 12.7. The van der Waals surface area contributed by atoms with E-state index in [1.807, 2.05) is 18.2 Å². The van der Waals surface area contributed by atoms with Crippen LogP contribution in [0.2, 0.25) is 0 Å². The molecule has 2 aliphatic heterocycles. The maximum Gasteiger partial charge on any atom is 0.272 e. The predicted octanol–water partition coefficient (Wildman–Crippen LogP) is 1.25. The van der Waals surface area contributed by atoms with Crippen LogP contribution in [-0.4, -0.2) is 64.6 Å². The number of nitrogens with zero attached hydrogens (tertiary/aromatic N) is 4. The van der Waals surface area contributed by atoms with E-state index < -0.39 is 0 Å². The molecule has 0 atom stereocenters. The second kappa shape index (κ2) is 7.10. The van der Waals surface area contributed by atoms with E-state index in [1.165, 1.54) is 13.3 Å². The van der Waals surface area contributed by atoms with Crippen molar-refractivity contribution in [1.82, 2.24) is 19.8 Å². The normalized spacial score (nSPS) is 15.6. The molecule has 140 valence electrons. The number of nitrogens with one attached hydrogen (secondary N) is 1. The summed E-state index contributed by atoms with van der Waals surface area (Å²) < 4.78 is 10.7. The van der Waals surface area contributed by atoms with E-state index in [0.29, 0.717) is 49.2 Å². The van der Waals surface area contributed by atoms with Crippen LogP contribution in [0.3, 0.4) is 0 Å². The maximum absolute atomic E-state index is 12.7. The van der Waals surface area contributed by atoms with Crippen molar-refractivity contribution < 1.29 is 19.1 Å². The highest BCUT2D eigenvalue weighted by Gasteiger charge is 2.24. The Morgan fingerprint density at radius 3 is 2.52 bits per heavy atom. The third kappa shape index (κ3) is 3.62. The highest BCUT2D eigenvalue weighted by atomic mass is 16.7. The number of fused-ring (bicyclic) bond motifs is 1. The fourth-order valence-electron chi connectivity index (χ4n) is 3.05. The van der Waals surface area contributed by atoms with Gasteiger partial charge in [0.2, 0.25) is 12.7 Å². The van der Waals surface area contributed by atoms with Crippen LogP contribution in [0.1, 0.15) is 17.4 Å². The van der Waals surface area contributed by atoms with Crippen LogP contribution >= 0.6 is 0 Å². The molecule has 0 aliphatic carbocycles. The molecule has 1 saturated heterocycles. The van der Waals surface area contributed by atoms with Gasteiger partial charge in [-0.2, -0.15) is 0 Å². The smallest absolute Gasteiger partial charge is 0.272 e. The lowest BCUT2D eigenvalue weighted by Gasteiger charge is -2.34. The molecule has 1 aromatic heterocycles. The number of carbonyl (C=O) groups excluding carboxylic acids is 2. The molecule has 27 heavy (non-hydrogen) atoms. The second-order valence-electron chi connectivity index (χ2n) is 6.28. The molecule has 1 N–H and O–H groups in total. The van der Waals surface area contributed by atoms with Crippen molar-refractivity contribution in [3.63, 3.8) is 0 Å². The topological polar surface area (TPSA) is 96.9 Å². The van der Waals surface area contributed by atoms with Crippen molar-refractivity contribution in [2.75, 3.05) is 38.3 Å². The lowest BCUT2D eigenvalue weighted by atomic mass is 10.2. The van der Waals surface area contributed by atoms with E-state index in [0.717, 1.165) is 5.69 Å². The third-order valence-electron chi connectivity index (χ3n) is 4.54. The number of hydrogen-bond acceptors (Lipinski definition) is 7. The first-order valence-electron chi connectivity index (χ1n) is 8.63. The molecule has 1 aromatic carbocycles. The number of amides is 2. The van der Waals surface area contributed by atoms with Crippen LogP contribution in [0.4, 0.5) is 11.5 Å². The monoisotopic (exact) mass is 369 g/mol. The summed E-state index contributed by atoms with van der Waals surface area (Å²) >= 11 is 0. The van der Waals surface area contributed by atoms with Gasteiger partial charge in [-0.25, -0.2) is 9.97 Å². The van der Waals surface area contributed by atoms with Gasteiger partial charge in [-0.15, -0.1) is 0 Å². The number of hydrogen-bond donors (Lipinski definition) is 1. The molecule has 0 saturated carbocycles. The summed E-state index contributed by atoms with van der Waals surface area (Å²) in [6, 6.07) is 7.09. The van der Waals surface area contributed by atoms with Crippen molar-refractivity contribution in [1.29, 1.82) is 0 Å². The first-order valence-corrected chi connectivity index (χ1v) is 8.63. The van der Waals surface area contributed by atoms with Gasteiger partial charge in [0.05, 0.1) is 0 Å². The highest BCUT2D eigenvalue weighted by Crippen LogP contribution is 2.34. The minimum absolute atomic E-state index is 0.0272. The summed E-state index contributed by atoms with van der Waals surface area (Å²) in [6.45, 7) is 3.81. The molecule has 0 unspecified atom stereocenters. The lowest BCUT2D eigenvalue weighted by Crippen LogP contribution is -2.50. The van der Waals surface area contributed by atoms with Crippen molar-refractivity contribution in [3.05, 3.63) is 36.3 Å². The Morgan fingerprint density at radius 1 is 1.00 bits per heavy atom. The zero-order valence-corrected chi connectivity index (χ0v) is 14.8. The molecule has 9 nitrogen and oxygen atoms in total. The number of carbonyl (C=O) groups is 2. The van der Waals surface area contributed by atoms with Crippen molar-refractivity contribution in [2.45, 2.75) is 6.92 Å². The van der Waals surface area contributed by atoms with Gasteiger partial charge >= 0.3 is 0 Å². The fraction of sp³-hybridized carbons (Fsp3) is 0.333. The molecule has 3 heterocycles. The SMILES string of the molecule is CC(=O)N1CCN(C(=O)c2cc(Nc3ccc4c(c3)OCO4)ncn2)CC1. The van der Waals surface area contributed by atoms with Gasteiger partial charge in [0.25, 0.3) is 5.91 Å². The standard InChI is InChI=1S/C18H19N5O4/c1-12(24)22-4-6-23(7-5-22)18(25)14-9-17(20-10-19-14)21-13-2-3-15-16(8-13)27-11-26-15/h2-3,8-10H,4-7,11H2,1H3,(H,19,20,21). The second-order valence-corrected chi connectivity index (χ2v) is 6.28. The molecule has 0 spiro atoms. The zero-order chi connectivity index (χ0) is 18.8. The van der Waals surface area contributed by atoms with Crippen LogP contribution in [0.5, 0.6) is 11.5 Å². The predicted molar refractivity (Wildman–Crippen MR) is 96.0 cm³/mol. The Morgan fingerprint density at radius 2 is 1.74 bits per heavy atom. The molecule has 2 aromatic rings. The fourth-order valence-corrected chi connectivity index (χ4v) is 3.05. The summed E-state index contributed by atoms with van der Waals surface area (Å²) in [4.78, 5) is 35.8. The Hall–Kier alpha value is -3.36.